The highest BCUT2D eigenvalue weighted by molar-refractivity contribution is 6.42. The minimum atomic E-state index is -2.87. The summed E-state index contributed by atoms with van der Waals surface area (Å²) >= 11 is 12.5. The van der Waals surface area contributed by atoms with E-state index in [2.05, 4.69) is 16.9 Å². The number of anilines is 1. The maximum absolute atomic E-state index is 15.7. The van der Waals surface area contributed by atoms with E-state index in [-0.39, 0.29) is 46.3 Å². The molecule has 6 nitrogen and oxygen atoms in total. The molecule has 0 unspecified atom stereocenters. The van der Waals surface area contributed by atoms with Gasteiger partial charge in [-0.05, 0) is 36.8 Å². The predicted molar refractivity (Wildman–Crippen MR) is 120 cm³/mol. The van der Waals surface area contributed by atoms with Crippen molar-refractivity contribution < 1.29 is 17.7 Å². The third kappa shape index (κ3) is 3.53. The number of rotatable bonds is 4. The van der Waals surface area contributed by atoms with Gasteiger partial charge in [-0.15, -0.1) is 0 Å². The molecule has 0 aliphatic carbocycles. The number of amides is 1. The molecule has 32 heavy (non-hydrogen) atoms. The summed E-state index contributed by atoms with van der Waals surface area (Å²) in [6.45, 7) is 0.648. The molecule has 0 saturated carbocycles. The van der Waals surface area contributed by atoms with Gasteiger partial charge in [0.25, 0.3) is 5.56 Å². The molecule has 1 aliphatic heterocycles. The maximum atomic E-state index is 15.7. The van der Waals surface area contributed by atoms with Crippen molar-refractivity contribution in [2.75, 3.05) is 18.4 Å². The topological polar surface area (TPSA) is 67.2 Å². The van der Waals surface area contributed by atoms with Crippen molar-refractivity contribution in [3.05, 3.63) is 80.8 Å². The summed E-state index contributed by atoms with van der Waals surface area (Å²) in [5.41, 5.74) is -2.90. The van der Waals surface area contributed by atoms with Crippen molar-refractivity contribution in [1.82, 2.24) is 14.5 Å². The van der Waals surface area contributed by atoms with Crippen LogP contribution in [0.1, 0.15) is 16.1 Å². The van der Waals surface area contributed by atoms with Crippen molar-refractivity contribution in [2.24, 2.45) is 6.98 Å². The summed E-state index contributed by atoms with van der Waals surface area (Å²) in [6.07, 6.45) is 2.04. The number of likely N-dealkylation sites (tertiary alicyclic amines) is 1. The monoisotopic (exact) mass is 481 g/mol. The predicted octanol–water partition coefficient (Wildman–Crippen LogP) is 4.24. The number of nitrogens with zero attached hydrogens (tertiary/aromatic N) is 3. The number of carbonyl (C=O) groups excluding carboxylic acids is 1. The highest BCUT2D eigenvalue weighted by atomic mass is 35.5. The average Bonchev–Trinajstić information content (AvgIpc) is 3.22. The molecule has 1 fully saturated rings. The van der Waals surface area contributed by atoms with Crippen LogP contribution in [0.5, 0.6) is 0 Å². The minimum absolute atomic E-state index is 0.0569. The Morgan fingerprint density at radius 1 is 1.34 bits per heavy atom. The number of nitrogens with one attached hydrogen (secondary N) is 1. The van der Waals surface area contributed by atoms with E-state index in [1.165, 1.54) is 23.1 Å². The minimum Gasteiger partial charge on any atom is -0.371 e. The van der Waals surface area contributed by atoms with Crippen LogP contribution >= 0.6 is 23.2 Å². The number of hydrogen-bond acceptors (Lipinski definition) is 4. The molecule has 1 N–H and O–H groups in total. The zero-order valence-corrected chi connectivity index (χ0v) is 18.0. The second kappa shape index (κ2) is 8.18. The molecule has 1 amide bonds. The molecule has 0 radical (unpaired) electrons. The quantitative estimate of drug-likeness (QED) is 0.446. The van der Waals surface area contributed by atoms with Crippen LogP contribution in [0.2, 0.25) is 10.0 Å². The maximum Gasteiger partial charge on any atom is 0.263 e. The van der Waals surface area contributed by atoms with Gasteiger partial charge in [-0.3, -0.25) is 9.59 Å². The van der Waals surface area contributed by atoms with Crippen LogP contribution in [0.3, 0.4) is 0 Å². The van der Waals surface area contributed by atoms with Gasteiger partial charge in [0.1, 0.15) is 11.2 Å². The Bertz CT molecular complexity index is 1430. The van der Waals surface area contributed by atoms with Crippen molar-refractivity contribution in [1.29, 1.82) is 0 Å². The van der Waals surface area contributed by atoms with Crippen molar-refractivity contribution in [2.45, 2.75) is 12.0 Å². The molecular formula is C22H18Cl2F2N4O2. The molecule has 0 spiro atoms. The summed E-state index contributed by atoms with van der Waals surface area (Å²) in [6, 6.07) is 5.01. The van der Waals surface area contributed by atoms with E-state index in [4.69, 9.17) is 27.3 Å². The first-order valence-electron chi connectivity index (χ1n) is 10.9. The molecule has 1 atom stereocenters. The number of aryl methyl sites for hydroxylation is 1. The number of carbonyl (C=O) groups is 1. The van der Waals surface area contributed by atoms with Crippen molar-refractivity contribution >= 4 is 45.7 Å². The van der Waals surface area contributed by atoms with E-state index in [0.29, 0.717) is 4.57 Å². The molecule has 4 rings (SSSR count). The molecule has 1 aromatic heterocycles. The smallest absolute Gasteiger partial charge is 0.263 e. The van der Waals surface area contributed by atoms with Crippen LogP contribution in [-0.2, 0) is 17.3 Å². The van der Waals surface area contributed by atoms with Gasteiger partial charge < -0.3 is 14.8 Å². The molecule has 166 valence electrons. The molecule has 0 bridgehead atoms. The Morgan fingerprint density at radius 2 is 2.12 bits per heavy atom. The number of fused-ring (bicyclic) bond motifs is 1. The Balaban J connectivity index is 1.91. The van der Waals surface area contributed by atoms with Crippen molar-refractivity contribution in [3.63, 3.8) is 0 Å². The molecule has 1 saturated heterocycles. The lowest BCUT2D eigenvalue weighted by molar-refractivity contribution is -0.125. The molecule has 3 aromatic rings. The molecule has 10 heteroatoms. The van der Waals surface area contributed by atoms with Gasteiger partial charge in [0.15, 0.2) is 5.82 Å². The van der Waals surface area contributed by atoms with E-state index < -0.39 is 41.0 Å². The lowest BCUT2D eigenvalue weighted by Gasteiger charge is -2.33. The van der Waals surface area contributed by atoms with E-state index in [1.807, 2.05) is 0 Å². The summed E-state index contributed by atoms with van der Waals surface area (Å²) in [5.74, 6) is -2.23. The van der Waals surface area contributed by atoms with E-state index in [9.17, 15) is 9.59 Å². The van der Waals surface area contributed by atoms with Crippen LogP contribution < -0.4 is 10.9 Å². The normalized spacial score (nSPS) is 20.0. The van der Waals surface area contributed by atoms with Crippen LogP contribution in [0, 0.1) is 11.6 Å². The fraction of sp³-hybridized carbons (Fsp3) is 0.227. The Kier molecular flexibility index (Phi) is 4.75. The number of hydrogen-bond donors (Lipinski definition) is 1. The first-order chi connectivity index (χ1) is 16.4. The molecule has 2 aromatic carbocycles. The Labute approximate surface area is 196 Å². The SMILES string of the molecule is [2H]C([2H])([2H])n1cnc2ccc(N[C@]3(c4c(F)ccc(Cl)c4Cl)CCN(C(=O)C=C)C3)c(F)c2c1=O. The van der Waals surface area contributed by atoms with Crippen LogP contribution in [0.15, 0.2) is 48.0 Å². The lowest BCUT2D eigenvalue weighted by atomic mass is 9.87. The first-order valence-corrected chi connectivity index (χ1v) is 10.2. The second-order valence-electron chi connectivity index (χ2n) is 7.38. The zero-order chi connectivity index (χ0) is 25.7. The highest BCUT2D eigenvalue weighted by Crippen LogP contribution is 2.43. The summed E-state index contributed by atoms with van der Waals surface area (Å²) in [7, 11) is 0. The summed E-state index contributed by atoms with van der Waals surface area (Å²) in [4.78, 5) is 30.4. The van der Waals surface area contributed by atoms with Gasteiger partial charge >= 0.3 is 0 Å². The lowest BCUT2D eigenvalue weighted by Crippen LogP contribution is -2.41. The Morgan fingerprint density at radius 3 is 2.84 bits per heavy atom. The highest BCUT2D eigenvalue weighted by Gasteiger charge is 2.45. The third-order valence-electron chi connectivity index (χ3n) is 5.52. The average molecular weight is 482 g/mol. The van der Waals surface area contributed by atoms with Gasteiger partial charge in [0.05, 0.1) is 33.1 Å². The number of aromatic nitrogens is 2. The largest absolute Gasteiger partial charge is 0.371 e. The Hall–Kier alpha value is -2.97. The van der Waals surface area contributed by atoms with Gasteiger partial charge in [-0.2, -0.15) is 0 Å². The molecule has 2 heterocycles. The number of halogens is 4. The standard InChI is InChI=1S/C22H18Cl2F2N4O2/c1-3-16(31)30-9-8-22(10-30,18-13(25)5-4-12(23)19(18)24)28-15-7-6-14-17(20(15)26)21(32)29(2)11-27-14/h3-7,11,28H,1,8-10H2,2H3/t22-/m1/s1/i2D3. The fourth-order valence-corrected chi connectivity index (χ4v) is 4.48. The van der Waals surface area contributed by atoms with Gasteiger partial charge in [-0.1, -0.05) is 29.8 Å². The first kappa shape index (κ1) is 18.6. The van der Waals surface area contributed by atoms with E-state index in [1.54, 1.807) is 0 Å². The summed E-state index contributed by atoms with van der Waals surface area (Å²) < 4.78 is 53.6. The van der Waals surface area contributed by atoms with Crippen LogP contribution in [0.4, 0.5) is 14.5 Å². The van der Waals surface area contributed by atoms with Gasteiger partial charge in [0, 0.05) is 29.7 Å². The fourth-order valence-electron chi connectivity index (χ4n) is 3.99. The van der Waals surface area contributed by atoms with E-state index >= 15 is 8.78 Å². The van der Waals surface area contributed by atoms with Gasteiger partial charge in [0.2, 0.25) is 5.91 Å². The van der Waals surface area contributed by atoms with Crippen LogP contribution in [-0.4, -0.2) is 33.4 Å². The third-order valence-corrected chi connectivity index (χ3v) is 6.32. The van der Waals surface area contributed by atoms with Crippen LogP contribution in [0.25, 0.3) is 10.9 Å². The van der Waals surface area contributed by atoms with Crippen molar-refractivity contribution in [3.8, 4) is 0 Å². The molecular weight excluding hydrogens is 461 g/mol. The summed E-state index contributed by atoms with van der Waals surface area (Å²) in [5, 5.41) is 2.32. The second-order valence-corrected chi connectivity index (χ2v) is 8.17. The van der Waals surface area contributed by atoms with Gasteiger partial charge in [-0.25, -0.2) is 13.8 Å². The molecule has 1 aliphatic rings. The zero-order valence-electron chi connectivity index (χ0n) is 19.5. The van der Waals surface area contributed by atoms with E-state index in [0.717, 1.165) is 18.5 Å². The number of benzene rings is 2.